The summed E-state index contributed by atoms with van der Waals surface area (Å²) in [5.41, 5.74) is 3.16. The van der Waals surface area contributed by atoms with Gasteiger partial charge in [0.15, 0.2) is 0 Å². The minimum Gasteiger partial charge on any atom is -0.321 e. The third kappa shape index (κ3) is 3.11. The molecule has 4 heteroatoms. The Kier molecular flexibility index (Phi) is 3.97. The van der Waals surface area contributed by atoms with Gasteiger partial charge in [-0.05, 0) is 29.8 Å². The van der Waals surface area contributed by atoms with Crippen molar-refractivity contribution in [1.29, 1.82) is 0 Å². The summed E-state index contributed by atoms with van der Waals surface area (Å²) in [5.74, 6) is -0.202. The first-order valence-corrected chi connectivity index (χ1v) is 7.70. The maximum Gasteiger partial charge on any atom is 0.274 e. The molecule has 1 amide bonds. The average Bonchev–Trinajstić information content (AvgIpc) is 2.55. The fourth-order valence-electron chi connectivity index (χ4n) is 2.06. The summed E-state index contributed by atoms with van der Waals surface area (Å²) in [6, 6.07) is 19.1. The first kappa shape index (κ1) is 13.8. The van der Waals surface area contributed by atoms with Gasteiger partial charge in [0.1, 0.15) is 5.69 Å². The smallest absolute Gasteiger partial charge is 0.274 e. The molecular formula is C17H13BrN2O. The van der Waals surface area contributed by atoms with Crippen molar-refractivity contribution < 1.29 is 4.79 Å². The molecule has 21 heavy (non-hydrogen) atoms. The minimum absolute atomic E-state index is 0.202. The van der Waals surface area contributed by atoms with Crippen molar-refractivity contribution in [3.05, 3.63) is 71.9 Å². The zero-order valence-electron chi connectivity index (χ0n) is 11.2. The number of anilines is 1. The first-order valence-electron chi connectivity index (χ1n) is 6.58. The Bertz CT molecular complexity index is 784. The van der Waals surface area contributed by atoms with E-state index in [1.807, 2.05) is 54.6 Å². The topological polar surface area (TPSA) is 42.0 Å². The fraction of sp³-hybridized carbons (Fsp3) is 0.0588. The number of hydrogen-bond acceptors (Lipinski definition) is 2. The lowest BCUT2D eigenvalue weighted by molar-refractivity contribution is 0.102. The van der Waals surface area contributed by atoms with Crippen molar-refractivity contribution in [2.75, 3.05) is 5.32 Å². The predicted octanol–water partition coefficient (Wildman–Crippen LogP) is 4.38. The largest absolute Gasteiger partial charge is 0.321 e. The molecule has 0 aliphatic heterocycles. The third-order valence-electron chi connectivity index (χ3n) is 3.20. The number of nitrogens with zero attached hydrogens (tertiary/aromatic N) is 1. The highest BCUT2D eigenvalue weighted by Crippen LogP contribution is 2.15. The van der Waals surface area contributed by atoms with Gasteiger partial charge in [-0.25, -0.2) is 4.98 Å². The van der Waals surface area contributed by atoms with Crippen molar-refractivity contribution in [2.24, 2.45) is 0 Å². The Morgan fingerprint density at radius 3 is 2.52 bits per heavy atom. The number of rotatable bonds is 3. The quantitative estimate of drug-likeness (QED) is 0.718. The van der Waals surface area contributed by atoms with Gasteiger partial charge >= 0.3 is 0 Å². The highest BCUT2D eigenvalue weighted by molar-refractivity contribution is 9.08. The SMILES string of the molecule is O=C(Nc1ccc(CBr)cc1)c1ccc2ccccc2n1. The molecule has 1 N–H and O–H groups in total. The Morgan fingerprint density at radius 1 is 1.00 bits per heavy atom. The highest BCUT2D eigenvalue weighted by atomic mass is 79.9. The van der Waals surface area contributed by atoms with Crippen LogP contribution >= 0.6 is 15.9 Å². The van der Waals surface area contributed by atoms with Gasteiger partial charge < -0.3 is 5.32 Å². The van der Waals surface area contributed by atoms with E-state index < -0.39 is 0 Å². The number of pyridine rings is 1. The van der Waals surface area contributed by atoms with Crippen molar-refractivity contribution >= 4 is 38.4 Å². The summed E-state index contributed by atoms with van der Waals surface area (Å²) in [6.45, 7) is 0. The van der Waals surface area contributed by atoms with E-state index in [0.717, 1.165) is 27.5 Å². The second kappa shape index (κ2) is 6.06. The van der Waals surface area contributed by atoms with Crippen LogP contribution in [0.2, 0.25) is 0 Å². The van der Waals surface area contributed by atoms with Crippen LogP contribution in [0.25, 0.3) is 10.9 Å². The van der Waals surface area contributed by atoms with Gasteiger partial charge in [0.25, 0.3) is 5.91 Å². The molecule has 0 atom stereocenters. The van der Waals surface area contributed by atoms with Crippen LogP contribution in [-0.2, 0) is 5.33 Å². The zero-order chi connectivity index (χ0) is 14.7. The number of amides is 1. The van der Waals surface area contributed by atoms with E-state index in [1.54, 1.807) is 6.07 Å². The van der Waals surface area contributed by atoms with Gasteiger partial charge in [0, 0.05) is 16.4 Å². The lowest BCUT2D eigenvalue weighted by atomic mass is 10.2. The molecule has 0 fully saturated rings. The molecule has 0 unspecified atom stereocenters. The minimum atomic E-state index is -0.202. The third-order valence-corrected chi connectivity index (χ3v) is 3.84. The number of fused-ring (bicyclic) bond motifs is 1. The molecule has 3 nitrogen and oxygen atoms in total. The average molecular weight is 341 g/mol. The monoisotopic (exact) mass is 340 g/mol. The van der Waals surface area contributed by atoms with E-state index in [0.29, 0.717) is 5.69 Å². The van der Waals surface area contributed by atoms with Crippen molar-refractivity contribution in [3.8, 4) is 0 Å². The lowest BCUT2D eigenvalue weighted by Gasteiger charge is -2.06. The molecule has 0 aliphatic rings. The number of carbonyl (C=O) groups excluding carboxylic acids is 1. The number of alkyl halides is 1. The maximum atomic E-state index is 12.2. The molecular weight excluding hydrogens is 328 g/mol. The molecule has 1 heterocycles. The van der Waals surface area contributed by atoms with Crippen LogP contribution in [0.15, 0.2) is 60.7 Å². The number of aromatic nitrogens is 1. The van der Waals surface area contributed by atoms with Crippen LogP contribution in [0.5, 0.6) is 0 Å². The summed E-state index contributed by atoms with van der Waals surface area (Å²) in [6.07, 6.45) is 0. The van der Waals surface area contributed by atoms with E-state index in [9.17, 15) is 4.79 Å². The lowest BCUT2D eigenvalue weighted by Crippen LogP contribution is -2.13. The van der Waals surface area contributed by atoms with Gasteiger partial charge in [-0.3, -0.25) is 4.79 Å². The maximum absolute atomic E-state index is 12.2. The molecule has 0 bridgehead atoms. The second-order valence-electron chi connectivity index (χ2n) is 4.67. The second-order valence-corrected chi connectivity index (χ2v) is 5.23. The molecule has 0 spiro atoms. The molecule has 0 aliphatic carbocycles. The van der Waals surface area contributed by atoms with Crippen LogP contribution < -0.4 is 5.32 Å². The molecule has 2 aromatic carbocycles. The molecule has 0 saturated heterocycles. The Balaban J connectivity index is 1.82. The molecule has 0 saturated carbocycles. The van der Waals surface area contributed by atoms with E-state index in [-0.39, 0.29) is 5.91 Å². The number of benzene rings is 2. The Labute approximate surface area is 131 Å². The summed E-state index contributed by atoms with van der Waals surface area (Å²) in [4.78, 5) is 16.6. The number of hydrogen-bond donors (Lipinski definition) is 1. The molecule has 3 aromatic rings. The van der Waals surface area contributed by atoms with Crippen LogP contribution in [0.4, 0.5) is 5.69 Å². The van der Waals surface area contributed by atoms with Gasteiger partial charge in [-0.1, -0.05) is 52.3 Å². The molecule has 1 aromatic heterocycles. The highest BCUT2D eigenvalue weighted by Gasteiger charge is 2.08. The standard InChI is InChI=1S/C17H13BrN2O/c18-11-12-5-8-14(9-6-12)19-17(21)16-10-7-13-3-1-2-4-15(13)20-16/h1-10H,11H2,(H,19,21). The molecule has 104 valence electrons. The van der Waals surface area contributed by atoms with Crippen LogP contribution in [0, 0.1) is 0 Å². The number of para-hydroxylation sites is 1. The van der Waals surface area contributed by atoms with Gasteiger partial charge in [-0.15, -0.1) is 0 Å². The van der Waals surface area contributed by atoms with Crippen molar-refractivity contribution in [3.63, 3.8) is 0 Å². The zero-order valence-corrected chi connectivity index (χ0v) is 12.8. The number of nitrogens with one attached hydrogen (secondary N) is 1. The van der Waals surface area contributed by atoms with E-state index in [4.69, 9.17) is 0 Å². The van der Waals surface area contributed by atoms with Gasteiger partial charge in [-0.2, -0.15) is 0 Å². The summed E-state index contributed by atoms with van der Waals surface area (Å²) in [5, 5.41) is 4.68. The van der Waals surface area contributed by atoms with Gasteiger partial charge in [0.2, 0.25) is 0 Å². The Morgan fingerprint density at radius 2 is 1.76 bits per heavy atom. The van der Waals surface area contributed by atoms with Crippen LogP contribution in [-0.4, -0.2) is 10.9 Å². The van der Waals surface area contributed by atoms with Gasteiger partial charge in [0.05, 0.1) is 5.52 Å². The predicted molar refractivity (Wildman–Crippen MR) is 88.8 cm³/mol. The summed E-state index contributed by atoms with van der Waals surface area (Å²) < 4.78 is 0. The van der Waals surface area contributed by atoms with E-state index >= 15 is 0 Å². The van der Waals surface area contributed by atoms with Crippen molar-refractivity contribution in [2.45, 2.75) is 5.33 Å². The summed E-state index contributed by atoms with van der Waals surface area (Å²) in [7, 11) is 0. The van der Waals surface area contributed by atoms with E-state index in [2.05, 4.69) is 26.2 Å². The van der Waals surface area contributed by atoms with E-state index in [1.165, 1.54) is 0 Å². The number of halogens is 1. The first-order chi connectivity index (χ1) is 10.3. The molecule has 3 rings (SSSR count). The van der Waals surface area contributed by atoms with Crippen molar-refractivity contribution in [1.82, 2.24) is 4.98 Å². The fourth-order valence-corrected chi connectivity index (χ4v) is 2.44. The Hall–Kier alpha value is -2.20. The number of carbonyl (C=O) groups is 1. The van der Waals surface area contributed by atoms with Crippen LogP contribution in [0.3, 0.4) is 0 Å². The molecule has 0 radical (unpaired) electrons. The normalized spacial score (nSPS) is 10.5. The summed E-state index contributed by atoms with van der Waals surface area (Å²) >= 11 is 3.40. The van der Waals surface area contributed by atoms with Crippen LogP contribution in [0.1, 0.15) is 16.1 Å².